The average Bonchev–Trinajstić information content (AvgIpc) is 2.94. The van der Waals surface area contributed by atoms with Crippen LogP contribution in [0.5, 0.6) is 0 Å². The first-order valence-electron chi connectivity index (χ1n) is 8.78. The van der Waals surface area contributed by atoms with Crippen molar-refractivity contribution >= 4 is 0 Å². The number of rotatable bonds is 3. The summed E-state index contributed by atoms with van der Waals surface area (Å²) in [6.45, 7) is 3.42. The van der Waals surface area contributed by atoms with Gasteiger partial charge in [-0.2, -0.15) is 0 Å². The molecular formula is C20H22O6. The number of hydrogen-bond acceptors (Lipinski definition) is 6. The predicted molar refractivity (Wildman–Crippen MR) is 92.6 cm³/mol. The Balaban J connectivity index is 1.67. The number of aryl methyl sites for hydroxylation is 2. The van der Waals surface area contributed by atoms with Crippen molar-refractivity contribution in [2.45, 2.75) is 56.9 Å². The molecule has 1 fully saturated rings. The van der Waals surface area contributed by atoms with Crippen LogP contribution in [0.15, 0.2) is 45.6 Å². The van der Waals surface area contributed by atoms with Gasteiger partial charge in [-0.15, -0.1) is 0 Å². The quantitative estimate of drug-likeness (QED) is 0.873. The molecule has 2 heterocycles. The smallest absolute Gasteiger partial charge is 0.191 e. The summed E-state index contributed by atoms with van der Waals surface area (Å²) in [5.74, 6) is -0.396. The third-order valence-electron chi connectivity index (χ3n) is 4.91. The summed E-state index contributed by atoms with van der Waals surface area (Å²) in [5.41, 5.74) is 1.10. The van der Waals surface area contributed by atoms with E-state index in [1.54, 1.807) is 13.8 Å². The van der Waals surface area contributed by atoms with Gasteiger partial charge in [0, 0.05) is 12.5 Å². The van der Waals surface area contributed by atoms with Crippen molar-refractivity contribution in [2.24, 2.45) is 0 Å². The van der Waals surface area contributed by atoms with E-state index in [1.165, 1.54) is 6.07 Å². The van der Waals surface area contributed by atoms with Crippen LogP contribution in [0.1, 0.15) is 48.7 Å². The molecule has 1 aromatic carbocycles. The highest BCUT2D eigenvalue weighted by atomic mass is 16.8. The molecule has 6 heteroatoms. The molecule has 2 aromatic rings. The standard InChI is InChI=1S/C20H22O6/c1-20(2)25-18-14-13(21)10-12(9-8-11-6-4-3-5-7-11)24-17(14)15(22)16(23)19(18)26-20/h3-7,10,15-16,18-19,22-23H,8-9H2,1-2H3/t15-,16-,18-,19+/m1/s1. The molecule has 2 N–H and O–H groups in total. The van der Waals surface area contributed by atoms with Gasteiger partial charge in [-0.1, -0.05) is 30.3 Å². The van der Waals surface area contributed by atoms with Gasteiger partial charge in [0.25, 0.3) is 0 Å². The zero-order valence-corrected chi connectivity index (χ0v) is 14.7. The summed E-state index contributed by atoms with van der Waals surface area (Å²) >= 11 is 0. The van der Waals surface area contributed by atoms with E-state index >= 15 is 0 Å². The predicted octanol–water partition coefficient (Wildman–Crippen LogP) is 2.03. The van der Waals surface area contributed by atoms with E-state index in [4.69, 9.17) is 13.9 Å². The first kappa shape index (κ1) is 17.4. The molecule has 0 radical (unpaired) electrons. The topological polar surface area (TPSA) is 89.1 Å². The van der Waals surface area contributed by atoms with E-state index in [0.29, 0.717) is 18.6 Å². The van der Waals surface area contributed by atoms with Crippen molar-refractivity contribution in [2.75, 3.05) is 0 Å². The second-order valence-corrected chi connectivity index (χ2v) is 7.30. The molecule has 1 aromatic heterocycles. The van der Waals surface area contributed by atoms with Crippen LogP contribution in [0.4, 0.5) is 0 Å². The van der Waals surface area contributed by atoms with E-state index in [0.717, 1.165) is 5.56 Å². The normalized spacial score (nSPS) is 29.2. The molecule has 1 saturated heterocycles. The fourth-order valence-corrected chi connectivity index (χ4v) is 3.70. The Hall–Kier alpha value is -1.99. The summed E-state index contributed by atoms with van der Waals surface area (Å²) in [6, 6.07) is 11.3. The van der Waals surface area contributed by atoms with E-state index in [2.05, 4.69) is 0 Å². The fraction of sp³-hybridized carbons (Fsp3) is 0.450. The third kappa shape index (κ3) is 2.99. The van der Waals surface area contributed by atoms with Crippen LogP contribution in [0.2, 0.25) is 0 Å². The number of fused-ring (bicyclic) bond motifs is 3. The van der Waals surface area contributed by atoms with Gasteiger partial charge < -0.3 is 24.1 Å². The lowest BCUT2D eigenvalue weighted by atomic mass is 9.87. The van der Waals surface area contributed by atoms with Gasteiger partial charge in [-0.3, -0.25) is 4.79 Å². The Morgan fingerprint density at radius 1 is 1.08 bits per heavy atom. The van der Waals surface area contributed by atoms with E-state index in [1.807, 2.05) is 30.3 Å². The van der Waals surface area contributed by atoms with Crippen molar-refractivity contribution < 1.29 is 24.1 Å². The molecule has 0 spiro atoms. The van der Waals surface area contributed by atoms with Crippen molar-refractivity contribution in [1.29, 1.82) is 0 Å². The maximum absolute atomic E-state index is 12.7. The van der Waals surface area contributed by atoms with Crippen LogP contribution in [0, 0.1) is 0 Å². The largest absolute Gasteiger partial charge is 0.463 e. The maximum Gasteiger partial charge on any atom is 0.191 e. The van der Waals surface area contributed by atoms with Gasteiger partial charge in [0.05, 0.1) is 5.56 Å². The van der Waals surface area contributed by atoms with Gasteiger partial charge in [-0.05, 0) is 25.8 Å². The molecule has 138 valence electrons. The second-order valence-electron chi connectivity index (χ2n) is 7.30. The SMILES string of the molecule is CC1(C)O[C@H]2[C@H](O)[C@@H](O)c3oc(CCc4ccccc4)cc(=O)c3[C@H]2O1. The number of hydrogen-bond donors (Lipinski definition) is 2. The summed E-state index contributed by atoms with van der Waals surface area (Å²) in [6.07, 6.45) is -2.87. The Morgan fingerprint density at radius 3 is 2.54 bits per heavy atom. The van der Waals surface area contributed by atoms with Crippen molar-refractivity contribution in [1.82, 2.24) is 0 Å². The molecule has 1 aliphatic carbocycles. The molecular weight excluding hydrogens is 336 g/mol. The highest BCUT2D eigenvalue weighted by Gasteiger charge is 2.54. The Kier molecular flexibility index (Phi) is 4.23. The van der Waals surface area contributed by atoms with Gasteiger partial charge in [0.15, 0.2) is 11.2 Å². The molecule has 4 atom stereocenters. The lowest BCUT2D eigenvalue weighted by Crippen LogP contribution is -2.43. The minimum Gasteiger partial charge on any atom is -0.463 e. The van der Waals surface area contributed by atoms with Crippen molar-refractivity contribution in [3.8, 4) is 0 Å². The van der Waals surface area contributed by atoms with Gasteiger partial charge >= 0.3 is 0 Å². The minimum absolute atomic E-state index is 0.0793. The molecule has 1 aliphatic heterocycles. The summed E-state index contributed by atoms with van der Waals surface area (Å²) in [5, 5.41) is 20.9. The highest BCUT2D eigenvalue weighted by molar-refractivity contribution is 5.31. The van der Waals surface area contributed by atoms with Crippen LogP contribution >= 0.6 is 0 Å². The summed E-state index contributed by atoms with van der Waals surface area (Å²) < 4.78 is 17.3. The van der Waals surface area contributed by atoms with Crippen molar-refractivity contribution in [3.05, 3.63) is 69.3 Å². The number of ether oxygens (including phenoxy) is 2. The zero-order valence-electron chi connectivity index (χ0n) is 14.7. The van der Waals surface area contributed by atoms with Crippen LogP contribution in [0.25, 0.3) is 0 Å². The van der Waals surface area contributed by atoms with Gasteiger partial charge in [-0.25, -0.2) is 0 Å². The molecule has 26 heavy (non-hydrogen) atoms. The third-order valence-corrected chi connectivity index (χ3v) is 4.91. The summed E-state index contributed by atoms with van der Waals surface area (Å²) in [4.78, 5) is 12.7. The molecule has 0 bridgehead atoms. The fourth-order valence-electron chi connectivity index (χ4n) is 3.70. The van der Waals surface area contributed by atoms with Crippen LogP contribution in [-0.4, -0.2) is 28.2 Å². The van der Waals surface area contributed by atoms with Crippen LogP contribution in [0.3, 0.4) is 0 Å². The first-order chi connectivity index (χ1) is 12.4. The number of aliphatic hydroxyl groups is 2. The molecule has 0 unspecified atom stereocenters. The monoisotopic (exact) mass is 358 g/mol. The van der Waals surface area contributed by atoms with E-state index < -0.39 is 30.2 Å². The minimum atomic E-state index is -1.33. The second kappa shape index (κ2) is 6.32. The lowest BCUT2D eigenvalue weighted by Gasteiger charge is -2.32. The Morgan fingerprint density at radius 2 is 1.81 bits per heavy atom. The van der Waals surface area contributed by atoms with E-state index in [9.17, 15) is 15.0 Å². The molecule has 6 nitrogen and oxygen atoms in total. The Labute approximate surface area is 151 Å². The molecule has 2 aliphatic rings. The summed E-state index contributed by atoms with van der Waals surface area (Å²) in [7, 11) is 0. The van der Waals surface area contributed by atoms with Crippen LogP contribution in [-0.2, 0) is 22.3 Å². The maximum atomic E-state index is 12.7. The Bertz CT molecular complexity index is 856. The number of aliphatic hydroxyl groups excluding tert-OH is 2. The first-order valence-corrected chi connectivity index (χ1v) is 8.78. The molecule has 4 rings (SSSR count). The lowest BCUT2D eigenvalue weighted by molar-refractivity contribution is -0.162. The van der Waals surface area contributed by atoms with Crippen LogP contribution < -0.4 is 5.43 Å². The van der Waals surface area contributed by atoms with Gasteiger partial charge in [0.1, 0.15) is 35.9 Å². The van der Waals surface area contributed by atoms with E-state index in [-0.39, 0.29) is 16.8 Å². The molecule has 0 amide bonds. The average molecular weight is 358 g/mol. The molecule has 0 saturated carbocycles. The van der Waals surface area contributed by atoms with Gasteiger partial charge in [0.2, 0.25) is 0 Å². The zero-order chi connectivity index (χ0) is 18.5. The highest BCUT2D eigenvalue weighted by Crippen LogP contribution is 2.46. The van der Waals surface area contributed by atoms with Crippen molar-refractivity contribution in [3.63, 3.8) is 0 Å². The number of benzene rings is 1.